The molecule has 0 spiro atoms. The third-order valence-electron chi connectivity index (χ3n) is 22.2. The molecule has 0 atom stereocenters. The van der Waals surface area contributed by atoms with Crippen molar-refractivity contribution < 1.29 is 60.8 Å². The molecule has 0 bridgehead atoms. The second-order valence-corrected chi connectivity index (χ2v) is 39.6. The maximum atomic E-state index is 13.1. The predicted molar refractivity (Wildman–Crippen MR) is 517 cm³/mol. The van der Waals surface area contributed by atoms with E-state index in [4.69, 9.17) is 65.1 Å². The molecule has 129 heavy (non-hydrogen) atoms. The number of aryl methyl sites for hydroxylation is 10. The van der Waals surface area contributed by atoms with Crippen LogP contribution in [0.5, 0.6) is 17.2 Å². The highest BCUT2D eigenvalue weighted by atomic mass is 32.1. The molecule has 0 unspecified atom stereocenters. The van der Waals surface area contributed by atoms with Crippen molar-refractivity contribution in [3.8, 4) is 62.8 Å². The summed E-state index contributed by atoms with van der Waals surface area (Å²) < 4.78 is 71.4. The summed E-state index contributed by atoms with van der Waals surface area (Å²) in [7, 11) is 1.64. The topological polar surface area (TPSA) is 300 Å². The number of esters is 3. The SMILES string of the molecule is CCc1c(C)nc2sc(C(=O)OC(C)(C)C)c(-c3ccc(OC)cc3)c2c1C.CCc1c(C)nc2sc(C(=O)OC(C)(C)C)c(-c3ccc4c(c3)OCO4)c2c1C.CCc1c(C)nc2sc(C(=O)OC(C)(C)C)c(-c3cccc(C#N)c3)c2c1C.CCc1c(C)nc2sc(N)c(C#N)c2c1C.Nc1c(C(=O)Nc2ccc(C(F)(F)F)cc2)sc2nc3c(cc12)CCCCC3. The zero-order valence-electron chi connectivity index (χ0n) is 76.9. The number of nitrogen functional groups attached to an aromatic ring is 2. The van der Waals surface area contributed by atoms with Crippen molar-refractivity contribution in [3.05, 3.63) is 212 Å². The number of carbonyl (C=O) groups is 4. The summed E-state index contributed by atoms with van der Waals surface area (Å²) in [6.07, 6.45) is 4.47. The zero-order chi connectivity index (χ0) is 94.0. The molecule has 4 aromatic carbocycles. The second kappa shape index (κ2) is 39.2. The van der Waals surface area contributed by atoms with Crippen molar-refractivity contribution in [3.63, 3.8) is 0 Å². The number of nitriles is 2. The first-order valence-corrected chi connectivity index (χ1v) is 46.8. The maximum absolute atomic E-state index is 13.1. The van der Waals surface area contributed by atoms with Crippen LogP contribution in [0.4, 0.5) is 29.5 Å². The highest BCUT2D eigenvalue weighted by molar-refractivity contribution is 7.23. The molecule has 0 saturated heterocycles. The van der Waals surface area contributed by atoms with Gasteiger partial charge in [-0.2, -0.15) is 23.7 Å². The van der Waals surface area contributed by atoms with Gasteiger partial charge in [-0.3, -0.25) is 4.79 Å². The largest absolute Gasteiger partial charge is 0.497 e. The number of methoxy groups -OCH3 is 1. The van der Waals surface area contributed by atoms with Gasteiger partial charge in [-0.15, -0.1) is 45.3 Å². The minimum absolute atomic E-state index is 0.210. The number of halogens is 3. The van der Waals surface area contributed by atoms with Crippen molar-refractivity contribution in [2.24, 2.45) is 0 Å². The summed E-state index contributed by atoms with van der Waals surface area (Å²) in [6, 6.07) is 31.6. The number of pyridine rings is 5. The summed E-state index contributed by atoms with van der Waals surface area (Å²) in [4.78, 5) is 81.6. The van der Waals surface area contributed by atoms with Crippen LogP contribution in [0.2, 0.25) is 0 Å². The lowest BCUT2D eigenvalue weighted by Gasteiger charge is -2.19. The summed E-state index contributed by atoms with van der Waals surface area (Å²) in [6.45, 7) is 42.0. The number of ether oxygens (including phenoxy) is 6. The van der Waals surface area contributed by atoms with Crippen LogP contribution < -0.4 is 31.0 Å². The smallest absolute Gasteiger partial charge is 0.416 e. The summed E-state index contributed by atoms with van der Waals surface area (Å²) in [5, 5.41) is 26.4. The van der Waals surface area contributed by atoms with Crippen LogP contribution in [0.1, 0.15) is 243 Å². The monoisotopic (exact) mass is 1840 g/mol. The molecule has 1 amide bonds. The van der Waals surface area contributed by atoms with Gasteiger partial charge in [-0.05, 0) is 303 Å². The van der Waals surface area contributed by atoms with Crippen LogP contribution >= 0.6 is 56.7 Å². The van der Waals surface area contributed by atoms with E-state index in [1.165, 1.54) is 109 Å². The van der Waals surface area contributed by atoms with Gasteiger partial charge in [-0.25, -0.2) is 39.3 Å². The van der Waals surface area contributed by atoms with Gasteiger partial charge in [0.05, 0.1) is 35.6 Å². The molecule has 16 rings (SSSR count). The molecule has 11 heterocycles. The van der Waals surface area contributed by atoms with Gasteiger partial charge < -0.3 is 45.2 Å². The Morgan fingerprint density at radius 1 is 0.481 bits per heavy atom. The first kappa shape index (κ1) is 96.2. The summed E-state index contributed by atoms with van der Waals surface area (Å²) in [5.41, 5.74) is 32.4. The first-order chi connectivity index (χ1) is 60.9. The molecule has 10 aromatic heterocycles. The average molecular weight is 1840 g/mol. The van der Waals surface area contributed by atoms with Gasteiger partial charge in [0.1, 0.15) is 77.3 Å². The molecular weight excluding hydrogens is 1730 g/mol. The molecule has 1 aliphatic heterocycles. The van der Waals surface area contributed by atoms with Crippen molar-refractivity contribution in [2.75, 3.05) is 30.7 Å². The molecule has 672 valence electrons. The molecule has 1 aliphatic carbocycles. The van der Waals surface area contributed by atoms with E-state index in [1.54, 1.807) is 13.2 Å². The Kier molecular flexibility index (Phi) is 29.2. The number of hydrogen-bond donors (Lipinski definition) is 3. The highest BCUT2D eigenvalue weighted by Gasteiger charge is 2.35. The zero-order valence-corrected chi connectivity index (χ0v) is 80.9. The quantitative estimate of drug-likeness (QED) is 0.0549. The number of thiophene rings is 5. The van der Waals surface area contributed by atoms with Crippen molar-refractivity contribution >= 4 is 148 Å². The molecule has 28 heteroatoms. The number of amides is 1. The van der Waals surface area contributed by atoms with Crippen molar-refractivity contribution in [1.29, 1.82) is 10.5 Å². The molecule has 14 aromatic rings. The number of anilines is 3. The number of fused-ring (bicyclic) bond motifs is 7. The summed E-state index contributed by atoms with van der Waals surface area (Å²) in [5.74, 6) is 0.734. The number of hydrogen-bond acceptors (Lipinski definition) is 24. The molecule has 0 fully saturated rings. The van der Waals surface area contributed by atoms with Gasteiger partial charge in [0, 0.05) is 77.8 Å². The Morgan fingerprint density at radius 3 is 1.35 bits per heavy atom. The van der Waals surface area contributed by atoms with Crippen LogP contribution in [0.15, 0.2) is 97.1 Å². The molecular formula is C101H107F3N10O10S5. The van der Waals surface area contributed by atoms with E-state index in [1.807, 2.05) is 164 Å². The minimum atomic E-state index is -4.41. The second-order valence-electron chi connectivity index (χ2n) is 34.6. The lowest BCUT2D eigenvalue weighted by Crippen LogP contribution is -2.23. The van der Waals surface area contributed by atoms with Crippen LogP contribution in [0, 0.1) is 78.1 Å². The van der Waals surface area contributed by atoms with Crippen molar-refractivity contribution in [1.82, 2.24) is 24.9 Å². The molecule has 5 N–H and O–H groups in total. The Bertz CT molecular complexity index is 6780. The lowest BCUT2D eigenvalue weighted by atomic mass is 9.95. The fourth-order valence-corrected chi connectivity index (χ4v) is 21.9. The normalized spacial score (nSPS) is 12.5. The van der Waals surface area contributed by atoms with E-state index in [0.29, 0.717) is 52.8 Å². The van der Waals surface area contributed by atoms with Gasteiger partial charge in [0.25, 0.3) is 5.91 Å². The minimum Gasteiger partial charge on any atom is -0.497 e. The number of aromatic nitrogens is 5. The van der Waals surface area contributed by atoms with E-state index in [0.717, 1.165) is 199 Å². The molecule has 0 saturated carbocycles. The third kappa shape index (κ3) is 21.0. The predicted octanol–water partition coefficient (Wildman–Crippen LogP) is 26.3. The summed E-state index contributed by atoms with van der Waals surface area (Å²) >= 11 is 6.76. The van der Waals surface area contributed by atoms with E-state index in [2.05, 4.69) is 70.9 Å². The fourth-order valence-electron chi connectivity index (χ4n) is 16.4. The Labute approximate surface area is 770 Å². The first-order valence-electron chi connectivity index (χ1n) is 42.7. The van der Waals surface area contributed by atoms with Crippen molar-refractivity contribution in [2.45, 2.75) is 226 Å². The molecule has 0 radical (unpaired) electrons. The average Bonchev–Trinajstić information content (AvgIpc) is 1.61. The third-order valence-corrected chi connectivity index (χ3v) is 27.5. The number of nitrogens with one attached hydrogen (secondary N) is 1. The maximum Gasteiger partial charge on any atom is 0.416 e. The number of benzene rings is 4. The Balaban J connectivity index is 0.000000148. The standard InChI is InChI=1S/C23H24N2O2S.C23H25NO4S.C23H27NO3S.C20H18F3N3OS.C12H13N3S/c1-7-17-13(2)18-19(16-10-8-9-15(11-16)12-24)20(22(26)27-23(4,5)6)28-21(18)25-14(17)3;1-7-15-12(2)18-19(14-8-9-16-17(10-14)27-11-26-16)20(22(25)28-23(4,5)6)29-21(18)24-13(15)3;1-8-17-13(2)18-19(15-9-11-16(26-7)12-10-15)20(22(25)27-23(4,5)6)28-21(18)24-14(17)3;21-20(22,23)12-6-8-13(9-7-12)25-18(27)17-16(24)14-10-11-4-2-1-3-5-15(11)26-19(14)28-17;1-4-8-6(2)10-9(5-13)11(14)16-12(10)15-7(8)3/h8-11H,7H2,1-6H3;8-10H,7,11H2,1-6H3;9-12H,8H2,1-7H3;6-10H,1-5,24H2,(H,25,27);4,14H2,1-3H3. The van der Waals surface area contributed by atoms with E-state index < -0.39 is 34.5 Å². The van der Waals surface area contributed by atoms with Gasteiger partial charge in [0.2, 0.25) is 6.79 Å². The highest BCUT2D eigenvalue weighted by Crippen LogP contribution is 2.49. The lowest BCUT2D eigenvalue weighted by molar-refractivity contribution is -0.137. The van der Waals surface area contributed by atoms with E-state index >= 15 is 0 Å². The number of nitrogens with zero attached hydrogens (tertiary/aromatic N) is 7. The number of alkyl halides is 3. The van der Waals surface area contributed by atoms with Gasteiger partial charge in [0.15, 0.2) is 11.5 Å². The van der Waals surface area contributed by atoms with Gasteiger partial charge in [-0.1, -0.05) is 75.8 Å². The Morgan fingerprint density at radius 2 is 0.907 bits per heavy atom. The number of rotatable bonds is 13. The molecule has 2 aliphatic rings. The van der Waals surface area contributed by atoms with E-state index in [9.17, 15) is 37.6 Å². The van der Waals surface area contributed by atoms with Crippen LogP contribution in [0.3, 0.4) is 0 Å². The number of nitrogens with two attached hydrogens (primary N) is 2. The fraction of sp³-hybridized carbons (Fsp3) is 0.356. The number of carbonyl (C=O) groups excluding carboxylic acids is 4. The Hall–Kier alpha value is -11.9. The van der Waals surface area contributed by atoms with Gasteiger partial charge >= 0.3 is 24.1 Å². The van der Waals surface area contributed by atoms with Crippen LogP contribution in [-0.2, 0) is 58.9 Å². The molecule has 20 nitrogen and oxygen atoms in total. The van der Waals surface area contributed by atoms with Crippen LogP contribution in [0.25, 0.3) is 84.5 Å². The van der Waals surface area contributed by atoms with E-state index in [-0.39, 0.29) is 30.4 Å². The van der Waals surface area contributed by atoms with Crippen LogP contribution in [-0.4, -0.2) is 79.4 Å².